The summed E-state index contributed by atoms with van der Waals surface area (Å²) in [5, 5.41) is 0. The predicted molar refractivity (Wildman–Crippen MR) is 113 cm³/mol. The van der Waals surface area contributed by atoms with E-state index in [0.717, 1.165) is 11.8 Å². The topological polar surface area (TPSA) is 0 Å². The van der Waals surface area contributed by atoms with Crippen molar-refractivity contribution in [2.24, 2.45) is 11.8 Å². The Bertz CT molecular complexity index is 220. The van der Waals surface area contributed by atoms with Crippen molar-refractivity contribution in [1.82, 2.24) is 0 Å². The maximum atomic E-state index is 2.38. The summed E-state index contributed by atoms with van der Waals surface area (Å²) in [4.78, 5) is 0. The van der Waals surface area contributed by atoms with Gasteiger partial charge in [0, 0.05) is 0 Å². The molecule has 146 valence electrons. The summed E-state index contributed by atoms with van der Waals surface area (Å²) in [5.41, 5.74) is 0. The fourth-order valence-electron chi connectivity index (χ4n) is 4.30. The van der Waals surface area contributed by atoms with Crippen LogP contribution in [0.2, 0.25) is 0 Å². The van der Waals surface area contributed by atoms with Gasteiger partial charge in [-0.3, -0.25) is 0 Å². The normalized spacial score (nSPS) is 14.0. The van der Waals surface area contributed by atoms with E-state index < -0.39 is 0 Å². The Labute approximate surface area is 155 Å². The van der Waals surface area contributed by atoms with Crippen LogP contribution in [0.25, 0.3) is 0 Å². The Morgan fingerprint density at radius 1 is 0.375 bits per heavy atom. The molecule has 0 spiro atoms. The largest absolute Gasteiger partial charge is 0.0654 e. The van der Waals surface area contributed by atoms with Crippen LogP contribution >= 0.6 is 0 Å². The minimum absolute atomic E-state index is 1.02. The van der Waals surface area contributed by atoms with Crippen LogP contribution in [-0.2, 0) is 0 Å². The first-order valence-electron chi connectivity index (χ1n) is 11.8. The summed E-state index contributed by atoms with van der Waals surface area (Å²) in [6, 6.07) is 0. The molecule has 0 fully saturated rings. The van der Waals surface area contributed by atoms with Crippen molar-refractivity contribution < 1.29 is 0 Å². The van der Waals surface area contributed by atoms with Crippen molar-refractivity contribution >= 4 is 0 Å². The van der Waals surface area contributed by atoms with Crippen LogP contribution < -0.4 is 0 Å². The molecule has 0 aromatic carbocycles. The second-order valence-corrected chi connectivity index (χ2v) is 8.30. The molecule has 0 aromatic heterocycles. The maximum absolute atomic E-state index is 2.38. The molecule has 0 aliphatic carbocycles. The lowest BCUT2D eigenvalue weighted by atomic mass is 9.83. The fraction of sp³-hybridized carbons (Fsp3) is 1.00. The zero-order chi connectivity index (χ0) is 17.9. The van der Waals surface area contributed by atoms with Gasteiger partial charge in [-0.15, -0.1) is 0 Å². The van der Waals surface area contributed by atoms with E-state index >= 15 is 0 Å². The summed E-state index contributed by atoms with van der Waals surface area (Å²) < 4.78 is 0. The number of unbranched alkanes of at least 4 members (excludes halogenated alkanes) is 9. The van der Waals surface area contributed by atoms with Gasteiger partial charge in [-0.1, -0.05) is 137 Å². The maximum Gasteiger partial charge on any atom is -0.0412 e. The molecule has 0 amide bonds. The van der Waals surface area contributed by atoms with E-state index in [1.54, 1.807) is 0 Å². The molecule has 0 aromatic rings. The molecule has 24 heavy (non-hydrogen) atoms. The summed E-state index contributed by atoms with van der Waals surface area (Å²) in [6.07, 6.45) is 26.2. The third-order valence-electron chi connectivity index (χ3n) is 5.74. The second kappa shape index (κ2) is 19.3. The molecule has 0 heterocycles. The van der Waals surface area contributed by atoms with Gasteiger partial charge in [0.15, 0.2) is 0 Å². The lowest BCUT2D eigenvalue weighted by Crippen LogP contribution is -2.10. The Hall–Kier alpha value is 0. The first-order chi connectivity index (χ1) is 11.8. The van der Waals surface area contributed by atoms with Gasteiger partial charge in [-0.2, -0.15) is 0 Å². The first-order valence-corrected chi connectivity index (χ1v) is 11.8. The van der Waals surface area contributed by atoms with Crippen molar-refractivity contribution in [2.75, 3.05) is 0 Å². The molecular formula is C24H50. The van der Waals surface area contributed by atoms with Gasteiger partial charge in [0.25, 0.3) is 0 Å². The Balaban J connectivity index is 4.00. The molecule has 0 bridgehead atoms. The Morgan fingerprint density at radius 3 is 1.12 bits per heavy atom. The monoisotopic (exact) mass is 338 g/mol. The number of hydrogen-bond acceptors (Lipinski definition) is 0. The lowest BCUT2D eigenvalue weighted by Gasteiger charge is -2.23. The van der Waals surface area contributed by atoms with Crippen molar-refractivity contribution in [3.05, 3.63) is 0 Å². The van der Waals surface area contributed by atoms with Gasteiger partial charge >= 0.3 is 0 Å². The van der Waals surface area contributed by atoms with Gasteiger partial charge in [0.05, 0.1) is 0 Å². The first kappa shape index (κ1) is 24.0. The number of hydrogen-bond donors (Lipinski definition) is 0. The van der Waals surface area contributed by atoms with Crippen LogP contribution in [0.5, 0.6) is 0 Å². The molecule has 0 aliphatic heterocycles. The molecule has 0 saturated heterocycles. The standard InChI is InChI=1S/C24H50/c1-5-9-11-13-15-17-21-24(19-8-4)22-23(18-7-3)20-16-14-12-10-6-2/h23-24H,5-22H2,1-4H3. The summed E-state index contributed by atoms with van der Waals surface area (Å²) >= 11 is 0. The smallest absolute Gasteiger partial charge is 0.0412 e. The van der Waals surface area contributed by atoms with Crippen LogP contribution in [0.15, 0.2) is 0 Å². The quantitative estimate of drug-likeness (QED) is 0.206. The highest BCUT2D eigenvalue weighted by atomic mass is 14.2. The van der Waals surface area contributed by atoms with E-state index in [9.17, 15) is 0 Å². The van der Waals surface area contributed by atoms with Crippen LogP contribution in [0.4, 0.5) is 0 Å². The zero-order valence-electron chi connectivity index (χ0n) is 17.9. The minimum Gasteiger partial charge on any atom is -0.0654 e. The predicted octanol–water partition coefficient (Wildman–Crippen LogP) is 9.32. The molecule has 0 N–H and O–H groups in total. The van der Waals surface area contributed by atoms with Crippen LogP contribution in [0, 0.1) is 11.8 Å². The molecule has 0 radical (unpaired) electrons. The van der Waals surface area contributed by atoms with Gasteiger partial charge in [-0.25, -0.2) is 0 Å². The van der Waals surface area contributed by atoms with Gasteiger partial charge < -0.3 is 0 Å². The van der Waals surface area contributed by atoms with Crippen LogP contribution in [0.1, 0.15) is 143 Å². The Kier molecular flexibility index (Phi) is 19.3. The van der Waals surface area contributed by atoms with Crippen molar-refractivity contribution in [1.29, 1.82) is 0 Å². The van der Waals surface area contributed by atoms with Crippen LogP contribution in [0.3, 0.4) is 0 Å². The fourth-order valence-corrected chi connectivity index (χ4v) is 4.30. The lowest BCUT2D eigenvalue weighted by molar-refractivity contribution is 0.291. The molecule has 0 heteroatoms. The average molecular weight is 339 g/mol. The molecule has 0 aliphatic rings. The molecule has 0 saturated carbocycles. The highest BCUT2D eigenvalue weighted by molar-refractivity contribution is 4.68. The molecule has 0 rings (SSSR count). The van der Waals surface area contributed by atoms with E-state index in [2.05, 4.69) is 27.7 Å². The summed E-state index contributed by atoms with van der Waals surface area (Å²) in [5.74, 6) is 2.04. The summed E-state index contributed by atoms with van der Waals surface area (Å²) in [7, 11) is 0. The van der Waals surface area contributed by atoms with Gasteiger partial charge in [-0.05, 0) is 18.3 Å². The van der Waals surface area contributed by atoms with Crippen molar-refractivity contribution in [3.8, 4) is 0 Å². The third-order valence-corrected chi connectivity index (χ3v) is 5.74. The third kappa shape index (κ3) is 15.5. The SMILES string of the molecule is CCCCCCCCC(CCC)CC(CCC)CCCCCCC. The molecular weight excluding hydrogens is 288 g/mol. The van der Waals surface area contributed by atoms with E-state index in [4.69, 9.17) is 0 Å². The zero-order valence-corrected chi connectivity index (χ0v) is 17.9. The molecule has 2 atom stereocenters. The van der Waals surface area contributed by atoms with Gasteiger partial charge in [0.1, 0.15) is 0 Å². The van der Waals surface area contributed by atoms with Crippen LogP contribution in [-0.4, -0.2) is 0 Å². The van der Waals surface area contributed by atoms with E-state index in [-0.39, 0.29) is 0 Å². The highest BCUT2D eigenvalue weighted by Crippen LogP contribution is 2.29. The highest BCUT2D eigenvalue weighted by Gasteiger charge is 2.15. The van der Waals surface area contributed by atoms with Crippen molar-refractivity contribution in [2.45, 2.75) is 143 Å². The van der Waals surface area contributed by atoms with E-state index in [1.807, 2.05) is 0 Å². The number of rotatable bonds is 19. The van der Waals surface area contributed by atoms with E-state index in [0.29, 0.717) is 0 Å². The van der Waals surface area contributed by atoms with Gasteiger partial charge in [0.2, 0.25) is 0 Å². The second-order valence-electron chi connectivity index (χ2n) is 8.30. The van der Waals surface area contributed by atoms with E-state index in [1.165, 1.54) is 116 Å². The summed E-state index contributed by atoms with van der Waals surface area (Å²) in [6.45, 7) is 9.39. The Morgan fingerprint density at radius 2 is 0.750 bits per heavy atom. The molecule has 2 unspecified atom stereocenters. The average Bonchev–Trinajstić information content (AvgIpc) is 2.58. The van der Waals surface area contributed by atoms with Crippen molar-refractivity contribution in [3.63, 3.8) is 0 Å². The minimum atomic E-state index is 1.02. The molecule has 0 nitrogen and oxygen atoms in total.